The van der Waals surface area contributed by atoms with Crippen molar-refractivity contribution in [2.45, 2.75) is 6.92 Å². The highest BCUT2D eigenvalue weighted by atomic mass is 16.5. The Morgan fingerprint density at radius 3 is 2.19 bits per heavy atom. The van der Waals surface area contributed by atoms with E-state index in [2.05, 4.69) is 15.5 Å². The number of rotatable bonds is 2. The molecule has 0 saturated carbocycles. The molecule has 0 aliphatic carbocycles. The lowest BCUT2D eigenvalue weighted by Crippen LogP contribution is -1.89. The van der Waals surface area contributed by atoms with Gasteiger partial charge in [-0.3, -0.25) is 0 Å². The van der Waals surface area contributed by atoms with Crippen molar-refractivity contribution in [1.29, 1.82) is 0 Å². The molecule has 4 heteroatoms. The Labute approximate surface area is 124 Å². The highest BCUT2D eigenvalue weighted by Gasteiger charge is 2.11. The van der Waals surface area contributed by atoms with Gasteiger partial charge in [0.15, 0.2) is 0 Å². The minimum Gasteiger partial charge on any atom is -0.334 e. The lowest BCUT2D eigenvalue weighted by molar-refractivity contribution is 0.432. The molecule has 3 aromatic rings. The summed E-state index contributed by atoms with van der Waals surface area (Å²) >= 11 is 0. The van der Waals surface area contributed by atoms with Crippen LogP contribution in [0.5, 0.6) is 0 Å². The van der Waals surface area contributed by atoms with Crippen LogP contribution in [-0.2, 0) is 0 Å². The van der Waals surface area contributed by atoms with Crippen molar-refractivity contribution >= 4 is 0 Å². The maximum atomic E-state index is 5.32. The number of benzene rings is 2. The molecule has 0 fully saturated rings. The van der Waals surface area contributed by atoms with Crippen LogP contribution in [0.2, 0.25) is 0 Å². The van der Waals surface area contributed by atoms with Crippen molar-refractivity contribution in [2.75, 3.05) is 14.1 Å². The first-order valence-corrected chi connectivity index (χ1v) is 6.80. The zero-order valence-corrected chi connectivity index (χ0v) is 12.5. The van der Waals surface area contributed by atoms with Gasteiger partial charge in [0.1, 0.15) is 0 Å². The standard InChI is InChI=1S/C15H12N2O.C2H7N/c1-11-7-5-6-10-13(11)15-16-14(17-18-15)12-8-3-2-4-9-12;1-3-2/h2-10H,1H3;3H,1-2H3. The van der Waals surface area contributed by atoms with Crippen molar-refractivity contribution in [1.82, 2.24) is 15.5 Å². The van der Waals surface area contributed by atoms with E-state index in [1.165, 1.54) is 0 Å². The van der Waals surface area contributed by atoms with E-state index in [0.717, 1.165) is 16.7 Å². The minimum absolute atomic E-state index is 0.562. The van der Waals surface area contributed by atoms with Gasteiger partial charge >= 0.3 is 0 Å². The Kier molecular flexibility index (Phi) is 5.23. The number of aryl methyl sites for hydroxylation is 1. The Bertz CT molecular complexity index is 677. The van der Waals surface area contributed by atoms with Gasteiger partial charge in [0.05, 0.1) is 0 Å². The van der Waals surface area contributed by atoms with Crippen molar-refractivity contribution in [3.63, 3.8) is 0 Å². The lowest BCUT2D eigenvalue weighted by Gasteiger charge is -1.97. The Hall–Kier alpha value is -2.46. The first-order chi connectivity index (χ1) is 10.3. The number of nitrogens with zero attached hydrogens (tertiary/aromatic N) is 2. The van der Waals surface area contributed by atoms with Gasteiger partial charge in [-0.05, 0) is 32.6 Å². The predicted molar refractivity (Wildman–Crippen MR) is 84.9 cm³/mol. The molecule has 0 aliphatic heterocycles. The van der Waals surface area contributed by atoms with Crippen LogP contribution in [0.4, 0.5) is 0 Å². The molecule has 108 valence electrons. The minimum atomic E-state index is 0.562. The highest BCUT2D eigenvalue weighted by Crippen LogP contribution is 2.24. The molecule has 2 aromatic carbocycles. The number of aromatic nitrogens is 2. The number of hydrogen-bond acceptors (Lipinski definition) is 4. The Morgan fingerprint density at radius 2 is 1.52 bits per heavy atom. The molecule has 0 aliphatic rings. The molecule has 0 radical (unpaired) electrons. The molecule has 4 nitrogen and oxygen atoms in total. The van der Waals surface area contributed by atoms with Crippen molar-refractivity contribution < 1.29 is 4.52 Å². The zero-order valence-electron chi connectivity index (χ0n) is 12.5. The Morgan fingerprint density at radius 1 is 0.905 bits per heavy atom. The summed E-state index contributed by atoms with van der Waals surface area (Å²) in [4.78, 5) is 4.43. The summed E-state index contributed by atoms with van der Waals surface area (Å²) in [7, 11) is 3.75. The van der Waals surface area contributed by atoms with E-state index in [0.29, 0.717) is 11.7 Å². The van der Waals surface area contributed by atoms with E-state index in [4.69, 9.17) is 4.52 Å². The van der Waals surface area contributed by atoms with Gasteiger partial charge in [-0.1, -0.05) is 53.7 Å². The van der Waals surface area contributed by atoms with Crippen LogP contribution < -0.4 is 5.32 Å². The van der Waals surface area contributed by atoms with E-state index in [1.807, 2.05) is 75.6 Å². The fourth-order valence-corrected chi connectivity index (χ4v) is 1.85. The molecular formula is C17H19N3O. The fraction of sp³-hybridized carbons (Fsp3) is 0.176. The van der Waals surface area contributed by atoms with Crippen molar-refractivity contribution in [2.24, 2.45) is 0 Å². The second kappa shape index (κ2) is 7.36. The van der Waals surface area contributed by atoms with Crippen LogP contribution in [0.3, 0.4) is 0 Å². The van der Waals surface area contributed by atoms with E-state index in [9.17, 15) is 0 Å². The molecule has 0 amide bonds. The van der Waals surface area contributed by atoms with Gasteiger partial charge < -0.3 is 9.84 Å². The van der Waals surface area contributed by atoms with Gasteiger partial charge in [-0.15, -0.1) is 0 Å². The molecular weight excluding hydrogens is 262 g/mol. The monoisotopic (exact) mass is 281 g/mol. The predicted octanol–water partition coefficient (Wildman–Crippen LogP) is 3.55. The van der Waals surface area contributed by atoms with Crippen LogP contribution in [0.1, 0.15) is 5.56 Å². The van der Waals surface area contributed by atoms with Gasteiger partial charge in [-0.25, -0.2) is 0 Å². The normalized spacial score (nSPS) is 9.86. The van der Waals surface area contributed by atoms with E-state index in [-0.39, 0.29) is 0 Å². The lowest BCUT2D eigenvalue weighted by atomic mass is 10.1. The first-order valence-electron chi connectivity index (χ1n) is 6.80. The third kappa shape index (κ3) is 3.77. The molecule has 0 atom stereocenters. The molecule has 21 heavy (non-hydrogen) atoms. The topological polar surface area (TPSA) is 51.0 Å². The first kappa shape index (κ1) is 14.9. The van der Waals surface area contributed by atoms with Crippen LogP contribution in [0, 0.1) is 6.92 Å². The van der Waals surface area contributed by atoms with Crippen molar-refractivity contribution in [3.05, 3.63) is 60.2 Å². The third-order valence-electron chi connectivity index (χ3n) is 2.83. The fourth-order valence-electron chi connectivity index (χ4n) is 1.85. The summed E-state index contributed by atoms with van der Waals surface area (Å²) in [6.07, 6.45) is 0. The molecule has 0 spiro atoms. The number of hydrogen-bond donors (Lipinski definition) is 1. The summed E-state index contributed by atoms with van der Waals surface area (Å²) in [5, 5.41) is 6.77. The highest BCUT2D eigenvalue weighted by molar-refractivity contribution is 5.62. The van der Waals surface area contributed by atoms with Crippen molar-refractivity contribution in [3.8, 4) is 22.8 Å². The molecule has 1 N–H and O–H groups in total. The maximum Gasteiger partial charge on any atom is 0.258 e. The summed E-state index contributed by atoms with van der Waals surface area (Å²) in [6.45, 7) is 2.03. The quantitative estimate of drug-likeness (QED) is 0.780. The second-order valence-corrected chi connectivity index (χ2v) is 4.60. The van der Waals surface area contributed by atoms with E-state index in [1.54, 1.807) is 0 Å². The van der Waals surface area contributed by atoms with Gasteiger partial charge in [0.2, 0.25) is 5.82 Å². The number of nitrogens with one attached hydrogen (secondary N) is 1. The summed E-state index contributed by atoms with van der Waals surface area (Å²) < 4.78 is 5.32. The average Bonchev–Trinajstić information content (AvgIpc) is 2.99. The maximum absolute atomic E-state index is 5.32. The largest absolute Gasteiger partial charge is 0.334 e. The van der Waals surface area contributed by atoms with Crippen LogP contribution >= 0.6 is 0 Å². The van der Waals surface area contributed by atoms with Crippen LogP contribution in [0.15, 0.2) is 59.1 Å². The average molecular weight is 281 g/mol. The van der Waals surface area contributed by atoms with Gasteiger partial charge in [-0.2, -0.15) is 4.98 Å². The smallest absolute Gasteiger partial charge is 0.258 e. The Balaban J connectivity index is 0.000000497. The second-order valence-electron chi connectivity index (χ2n) is 4.60. The molecule has 1 heterocycles. The summed E-state index contributed by atoms with van der Waals surface area (Å²) in [5.74, 6) is 1.18. The van der Waals surface area contributed by atoms with E-state index >= 15 is 0 Å². The van der Waals surface area contributed by atoms with Crippen LogP contribution in [-0.4, -0.2) is 24.2 Å². The summed E-state index contributed by atoms with van der Waals surface area (Å²) in [6, 6.07) is 17.8. The molecule has 0 saturated heterocycles. The summed E-state index contributed by atoms with van der Waals surface area (Å²) in [5.41, 5.74) is 3.06. The zero-order chi connectivity index (χ0) is 15.1. The van der Waals surface area contributed by atoms with Gasteiger partial charge in [0.25, 0.3) is 5.89 Å². The molecule has 0 unspecified atom stereocenters. The SMILES string of the molecule is CNC.Cc1ccccc1-c1nc(-c2ccccc2)no1. The van der Waals surface area contributed by atoms with E-state index < -0.39 is 0 Å². The molecule has 0 bridgehead atoms. The molecule has 1 aromatic heterocycles. The molecule has 3 rings (SSSR count). The van der Waals surface area contributed by atoms with Gasteiger partial charge in [0, 0.05) is 11.1 Å². The van der Waals surface area contributed by atoms with Crippen LogP contribution in [0.25, 0.3) is 22.8 Å². The third-order valence-corrected chi connectivity index (χ3v) is 2.83.